The highest BCUT2D eigenvalue weighted by Gasteiger charge is 1.98. The smallest absolute Gasteiger partial charge is 0.00885 e. The fourth-order valence-corrected chi connectivity index (χ4v) is 1.03. The van der Waals surface area contributed by atoms with Crippen molar-refractivity contribution in [2.45, 2.75) is 46.0 Å². The molecule has 0 bridgehead atoms. The first-order valence-electron chi connectivity index (χ1n) is 4.24. The molecule has 0 aliphatic rings. The lowest BCUT2D eigenvalue weighted by molar-refractivity contribution is 0.478. The van der Waals surface area contributed by atoms with Crippen LogP contribution in [0.25, 0.3) is 0 Å². The quantitative estimate of drug-likeness (QED) is 0.512. The molecule has 10 heavy (non-hydrogen) atoms. The molecular formula is C10H18. The molecule has 0 aromatic heterocycles. The minimum Gasteiger partial charge on any atom is -0.120 e. The van der Waals surface area contributed by atoms with Gasteiger partial charge in [-0.25, -0.2) is 0 Å². The number of terminal acetylenes is 1. The third-order valence-electron chi connectivity index (χ3n) is 1.83. The summed E-state index contributed by atoms with van der Waals surface area (Å²) in [5, 5.41) is 0. The Bertz CT molecular complexity index is 97.1. The Morgan fingerprint density at radius 3 is 2.60 bits per heavy atom. The topological polar surface area (TPSA) is 0 Å². The molecule has 0 radical (unpaired) electrons. The molecule has 0 nitrogen and oxygen atoms in total. The van der Waals surface area contributed by atoms with Gasteiger partial charge < -0.3 is 0 Å². The molecule has 0 aliphatic carbocycles. The van der Waals surface area contributed by atoms with Crippen molar-refractivity contribution in [2.75, 3.05) is 0 Å². The molecule has 0 heteroatoms. The van der Waals surface area contributed by atoms with Gasteiger partial charge in [-0.05, 0) is 12.3 Å². The maximum Gasteiger partial charge on any atom is 0.00885 e. The van der Waals surface area contributed by atoms with E-state index >= 15 is 0 Å². The van der Waals surface area contributed by atoms with Crippen molar-refractivity contribution < 1.29 is 0 Å². The first-order chi connectivity index (χ1) is 4.81. The Morgan fingerprint density at radius 2 is 2.10 bits per heavy atom. The minimum atomic E-state index is 0.830. The zero-order chi connectivity index (χ0) is 7.82. The Hall–Kier alpha value is -0.440. The van der Waals surface area contributed by atoms with Gasteiger partial charge in [0.25, 0.3) is 0 Å². The van der Waals surface area contributed by atoms with Crippen molar-refractivity contribution in [1.82, 2.24) is 0 Å². The fraction of sp³-hybridized carbons (Fsp3) is 0.800. The average molecular weight is 138 g/mol. The molecule has 0 aliphatic heterocycles. The third kappa shape index (κ3) is 5.69. The van der Waals surface area contributed by atoms with Crippen molar-refractivity contribution in [1.29, 1.82) is 0 Å². The van der Waals surface area contributed by atoms with E-state index in [0.717, 1.165) is 12.3 Å². The standard InChI is InChI=1S/C10H18/c1-4-6-8-10(3)9-7-5-2/h1,10H,5-9H2,2-3H3. The molecule has 0 N–H and O–H groups in total. The molecule has 0 spiro atoms. The van der Waals surface area contributed by atoms with Crippen molar-refractivity contribution >= 4 is 0 Å². The van der Waals surface area contributed by atoms with Crippen LogP contribution in [0, 0.1) is 18.3 Å². The Balaban J connectivity index is 3.10. The Kier molecular flexibility index (Phi) is 6.38. The van der Waals surface area contributed by atoms with Crippen LogP contribution in [0.2, 0.25) is 0 Å². The Labute approximate surface area is 65.0 Å². The zero-order valence-electron chi connectivity index (χ0n) is 7.19. The fourth-order valence-electron chi connectivity index (χ4n) is 1.03. The molecule has 0 saturated carbocycles. The molecule has 1 atom stereocenters. The molecule has 0 fully saturated rings. The van der Waals surface area contributed by atoms with Crippen molar-refractivity contribution in [3.05, 3.63) is 0 Å². The molecule has 0 amide bonds. The summed E-state index contributed by atoms with van der Waals surface area (Å²) < 4.78 is 0. The van der Waals surface area contributed by atoms with E-state index in [1.807, 2.05) is 0 Å². The van der Waals surface area contributed by atoms with Gasteiger partial charge in [0, 0.05) is 6.42 Å². The second kappa shape index (κ2) is 6.68. The average Bonchev–Trinajstić information content (AvgIpc) is 1.97. The first kappa shape index (κ1) is 9.56. The van der Waals surface area contributed by atoms with Crippen LogP contribution in [-0.4, -0.2) is 0 Å². The van der Waals surface area contributed by atoms with Gasteiger partial charge in [-0.15, -0.1) is 12.3 Å². The maximum absolute atomic E-state index is 5.16. The van der Waals surface area contributed by atoms with Crippen molar-refractivity contribution in [3.8, 4) is 12.3 Å². The predicted octanol–water partition coefficient (Wildman–Crippen LogP) is 3.23. The van der Waals surface area contributed by atoms with Gasteiger partial charge in [-0.2, -0.15) is 0 Å². The largest absolute Gasteiger partial charge is 0.120 e. The summed E-state index contributed by atoms with van der Waals surface area (Å²) in [4.78, 5) is 0. The molecule has 0 rings (SSSR count). The van der Waals surface area contributed by atoms with Crippen LogP contribution in [0.15, 0.2) is 0 Å². The van der Waals surface area contributed by atoms with E-state index in [0.29, 0.717) is 0 Å². The number of hydrogen-bond donors (Lipinski definition) is 0. The van der Waals surface area contributed by atoms with Gasteiger partial charge in [0.2, 0.25) is 0 Å². The van der Waals surface area contributed by atoms with Crippen LogP contribution < -0.4 is 0 Å². The molecule has 0 aromatic rings. The molecule has 0 heterocycles. The van der Waals surface area contributed by atoms with E-state index in [2.05, 4.69) is 19.8 Å². The lowest BCUT2D eigenvalue weighted by atomic mass is 9.99. The Morgan fingerprint density at radius 1 is 1.40 bits per heavy atom. The summed E-state index contributed by atoms with van der Waals surface area (Å²) in [7, 11) is 0. The zero-order valence-corrected chi connectivity index (χ0v) is 7.19. The lowest BCUT2D eigenvalue weighted by Gasteiger charge is -2.06. The van der Waals surface area contributed by atoms with Crippen LogP contribution in [0.3, 0.4) is 0 Å². The molecule has 0 aromatic carbocycles. The van der Waals surface area contributed by atoms with Crippen LogP contribution in [0.5, 0.6) is 0 Å². The van der Waals surface area contributed by atoms with E-state index < -0.39 is 0 Å². The SMILES string of the molecule is C#CCCC(C)CCCC. The van der Waals surface area contributed by atoms with Crippen LogP contribution >= 0.6 is 0 Å². The summed E-state index contributed by atoms with van der Waals surface area (Å²) in [5.74, 6) is 3.50. The van der Waals surface area contributed by atoms with Gasteiger partial charge in [0.15, 0.2) is 0 Å². The van der Waals surface area contributed by atoms with Gasteiger partial charge in [0.05, 0.1) is 0 Å². The summed E-state index contributed by atoms with van der Waals surface area (Å²) in [6.45, 7) is 4.51. The molecule has 58 valence electrons. The van der Waals surface area contributed by atoms with E-state index in [-0.39, 0.29) is 0 Å². The lowest BCUT2D eigenvalue weighted by Crippen LogP contribution is -1.92. The highest BCUT2D eigenvalue weighted by molar-refractivity contribution is 4.83. The second-order valence-electron chi connectivity index (χ2n) is 2.99. The summed E-state index contributed by atoms with van der Waals surface area (Å²) in [6, 6.07) is 0. The van der Waals surface area contributed by atoms with E-state index in [9.17, 15) is 0 Å². The predicted molar refractivity (Wildman–Crippen MR) is 46.8 cm³/mol. The van der Waals surface area contributed by atoms with E-state index in [1.165, 1.54) is 25.7 Å². The van der Waals surface area contributed by atoms with Gasteiger partial charge >= 0.3 is 0 Å². The minimum absolute atomic E-state index is 0.830. The molecular weight excluding hydrogens is 120 g/mol. The maximum atomic E-state index is 5.16. The number of rotatable bonds is 5. The highest BCUT2D eigenvalue weighted by Crippen LogP contribution is 2.12. The van der Waals surface area contributed by atoms with Crippen molar-refractivity contribution in [2.24, 2.45) is 5.92 Å². The third-order valence-corrected chi connectivity index (χ3v) is 1.83. The van der Waals surface area contributed by atoms with Gasteiger partial charge in [-0.1, -0.05) is 33.1 Å². The monoisotopic (exact) mass is 138 g/mol. The van der Waals surface area contributed by atoms with Gasteiger partial charge in [0.1, 0.15) is 0 Å². The molecule has 0 saturated heterocycles. The van der Waals surface area contributed by atoms with E-state index in [1.54, 1.807) is 0 Å². The highest BCUT2D eigenvalue weighted by atomic mass is 14.0. The number of hydrogen-bond acceptors (Lipinski definition) is 0. The van der Waals surface area contributed by atoms with Crippen molar-refractivity contribution in [3.63, 3.8) is 0 Å². The summed E-state index contributed by atoms with van der Waals surface area (Å²) >= 11 is 0. The van der Waals surface area contributed by atoms with Gasteiger partial charge in [-0.3, -0.25) is 0 Å². The summed E-state index contributed by atoms with van der Waals surface area (Å²) in [6.07, 6.45) is 11.3. The summed E-state index contributed by atoms with van der Waals surface area (Å²) in [5.41, 5.74) is 0. The van der Waals surface area contributed by atoms with E-state index in [4.69, 9.17) is 6.42 Å². The van der Waals surface area contributed by atoms with Crippen LogP contribution in [0.1, 0.15) is 46.0 Å². The number of unbranched alkanes of at least 4 members (excludes halogenated alkanes) is 1. The van der Waals surface area contributed by atoms with Crippen LogP contribution in [-0.2, 0) is 0 Å². The van der Waals surface area contributed by atoms with Crippen LogP contribution in [0.4, 0.5) is 0 Å². The first-order valence-corrected chi connectivity index (χ1v) is 4.24. The normalized spacial score (nSPS) is 12.5. The molecule has 1 unspecified atom stereocenters. The second-order valence-corrected chi connectivity index (χ2v) is 2.99.